The lowest BCUT2D eigenvalue weighted by Crippen LogP contribution is -2.29. The molecular formula is C20H19NO3. The molecule has 0 fully saturated rings. The first kappa shape index (κ1) is 15.0. The van der Waals surface area contributed by atoms with Gasteiger partial charge in [-0.3, -0.25) is 4.98 Å². The van der Waals surface area contributed by atoms with Gasteiger partial charge in [-0.25, -0.2) is 0 Å². The van der Waals surface area contributed by atoms with Crippen LogP contribution in [0.4, 0.5) is 0 Å². The number of aliphatic hydroxyl groups excluding tert-OH is 1. The highest BCUT2D eigenvalue weighted by atomic mass is 16.6. The molecule has 0 aliphatic carbocycles. The van der Waals surface area contributed by atoms with Gasteiger partial charge in [-0.2, -0.15) is 0 Å². The Balaban J connectivity index is 1.51. The van der Waals surface area contributed by atoms with Crippen molar-refractivity contribution < 1.29 is 14.6 Å². The predicted molar refractivity (Wildman–Crippen MR) is 92.3 cm³/mol. The third-order valence-corrected chi connectivity index (χ3v) is 4.33. The molecule has 1 atom stereocenters. The quantitative estimate of drug-likeness (QED) is 0.799. The summed E-state index contributed by atoms with van der Waals surface area (Å²) in [4.78, 5) is 4.72. The lowest BCUT2D eigenvalue weighted by atomic mass is 10.0. The highest BCUT2D eigenvalue weighted by molar-refractivity contribution is 5.79. The summed E-state index contributed by atoms with van der Waals surface area (Å²) in [6, 6.07) is 17.7. The number of hydrogen-bond acceptors (Lipinski definition) is 4. The zero-order valence-corrected chi connectivity index (χ0v) is 13.3. The fourth-order valence-electron chi connectivity index (χ4n) is 3.06. The van der Waals surface area contributed by atoms with Crippen LogP contribution >= 0.6 is 0 Å². The van der Waals surface area contributed by atoms with Gasteiger partial charge in [0, 0.05) is 11.1 Å². The summed E-state index contributed by atoms with van der Waals surface area (Å²) in [5.41, 5.74) is 2.76. The van der Waals surface area contributed by atoms with Crippen LogP contribution in [0.15, 0.2) is 54.6 Å². The van der Waals surface area contributed by atoms with Crippen molar-refractivity contribution in [2.75, 3.05) is 6.61 Å². The van der Waals surface area contributed by atoms with Crippen LogP contribution in [0, 0.1) is 0 Å². The van der Waals surface area contributed by atoms with Crippen LogP contribution < -0.4 is 9.47 Å². The van der Waals surface area contributed by atoms with E-state index in [9.17, 15) is 5.11 Å². The number of aromatic nitrogens is 1. The molecule has 2 heterocycles. The third kappa shape index (κ3) is 2.93. The summed E-state index contributed by atoms with van der Waals surface area (Å²) in [6.07, 6.45) is 1.54. The van der Waals surface area contributed by atoms with Crippen LogP contribution in [0.3, 0.4) is 0 Å². The first-order valence-electron chi connectivity index (χ1n) is 8.20. The van der Waals surface area contributed by atoms with Gasteiger partial charge in [-0.05, 0) is 42.7 Å². The Labute approximate surface area is 140 Å². The Morgan fingerprint density at radius 1 is 1.04 bits per heavy atom. The van der Waals surface area contributed by atoms with Crippen molar-refractivity contribution in [3.8, 4) is 11.5 Å². The lowest BCUT2D eigenvalue weighted by molar-refractivity contribution is 0.0848. The van der Waals surface area contributed by atoms with E-state index in [0.29, 0.717) is 6.61 Å². The number of pyridine rings is 1. The summed E-state index contributed by atoms with van der Waals surface area (Å²) in [7, 11) is 0. The molecule has 4 rings (SSSR count). The molecule has 0 saturated heterocycles. The van der Waals surface area contributed by atoms with Crippen LogP contribution in [0.25, 0.3) is 10.9 Å². The van der Waals surface area contributed by atoms with Crippen LogP contribution in [-0.4, -0.2) is 22.8 Å². The van der Waals surface area contributed by atoms with Crippen molar-refractivity contribution >= 4 is 10.9 Å². The molecular weight excluding hydrogens is 302 g/mol. The molecule has 1 aliphatic rings. The van der Waals surface area contributed by atoms with Crippen LogP contribution in [-0.2, 0) is 13.0 Å². The molecule has 24 heavy (non-hydrogen) atoms. The molecule has 0 amide bonds. The number of rotatable bonds is 4. The van der Waals surface area contributed by atoms with E-state index in [2.05, 4.69) is 0 Å². The molecule has 1 N–H and O–H groups in total. The van der Waals surface area contributed by atoms with E-state index in [1.54, 1.807) is 0 Å². The highest BCUT2D eigenvalue weighted by Gasteiger charge is 2.21. The fourth-order valence-corrected chi connectivity index (χ4v) is 3.06. The van der Waals surface area contributed by atoms with E-state index in [1.807, 2.05) is 54.6 Å². The molecule has 0 radical (unpaired) electrons. The van der Waals surface area contributed by atoms with Crippen molar-refractivity contribution in [2.24, 2.45) is 0 Å². The van der Waals surface area contributed by atoms with E-state index in [-0.39, 0.29) is 12.7 Å². The zero-order valence-electron chi connectivity index (χ0n) is 13.3. The van der Waals surface area contributed by atoms with Gasteiger partial charge in [0.1, 0.15) is 12.7 Å². The summed E-state index contributed by atoms with van der Waals surface area (Å²) in [6.45, 7) is 0.539. The number of para-hydroxylation sites is 3. The molecule has 0 spiro atoms. The largest absolute Gasteiger partial charge is 0.486 e. The summed E-state index contributed by atoms with van der Waals surface area (Å²) in [5.74, 6) is 1.59. The standard InChI is InChI=1S/C20H19NO3/c22-12-15-11-14-5-1-2-6-17(14)21-18(15)10-9-16-13-23-19-7-3-4-8-20(19)24-16/h1-8,11,16,22H,9-10,12-13H2/t16-/m0/s1. The minimum absolute atomic E-state index is 0.000266. The minimum Gasteiger partial charge on any atom is -0.486 e. The Kier molecular flexibility index (Phi) is 4.05. The van der Waals surface area contributed by atoms with Gasteiger partial charge in [-0.1, -0.05) is 30.3 Å². The molecule has 0 saturated carbocycles. The van der Waals surface area contributed by atoms with Crippen LogP contribution in [0.1, 0.15) is 17.7 Å². The summed E-state index contributed by atoms with van der Waals surface area (Å²) >= 11 is 0. The normalized spacial score (nSPS) is 16.3. The Morgan fingerprint density at radius 2 is 1.83 bits per heavy atom. The molecule has 4 heteroatoms. The molecule has 0 unspecified atom stereocenters. The molecule has 2 aromatic carbocycles. The van der Waals surface area contributed by atoms with Crippen molar-refractivity contribution in [3.63, 3.8) is 0 Å². The first-order chi connectivity index (χ1) is 11.8. The van der Waals surface area contributed by atoms with E-state index in [1.165, 1.54) is 0 Å². The van der Waals surface area contributed by atoms with Gasteiger partial charge in [0.15, 0.2) is 11.5 Å². The van der Waals surface area contributed by atoms with Gasteiger partial charge in [0.25, 0.3) is 0 Å². The second-order valence-corrected chi connectivity index (χ2v) is 5.98. The van der Waals surface area contributed by atoms with Crippen molar-refractivity contribution in [2.45, 2.75) is 25.6 Å². The summed E-state index contributed by atoms with van der Waals surface area (Å²) < 4.78 is 11.8. The maximum Gasteiger partial charge on any atom is 0.161 e. The minimum atomic E-state index is -0.00196. The van der Waals surface area contributed by atoms with Crippen LogP contribution in [0.5, 0.6) is 11.5 Å². The average molecular weight is 321 g/mol. The number of hydrogen-bond donors (Lipinski definition) is 1. The highest BCUT2D eigenvalue weighted by Crippen LogP contribution is 2.32. The van der Waals surface area contributed by atoms with Crippen LogP contribution in [0.2, 0.25) is 0 Å². The van der Waals surface area contributed by atoms with Crippen molar-refractivity contribution in [1.82, 2.24) is 4.98 Å². The monoisotopic (exact) mass is 321 g/mol. The molecule has 3 aromatic rings. The van der Waals surface area contributed by atoms with Crippen molar-refractivity contribution in [1.29, 1.82) is 0 Å². The molecule has 122 valence electrons. The fraction of sp³-hybridized carbons (Fsp3) is 0.250. The Bertz CT molecular complexity index is 862. The third-order valence-electron chi connectivity index (χ3n) is 4.33. The number of aliphatic hydroxyl groups is 1. The molecule has 1 aromatic heterocycles. The van der Waals surface area contributed by atoms with E-state index < -0.39 is 0 Å². The van der Waals surface area contributed by atoms with Gasteiger partial charge < -0.3 is 14.6 Å². The Morgan fingerprint density at radius 3 is 2.71 bits per heavy atom. The number of ether oxygens (including phenoxy) is 2. The Hall–Kier alpha value is -2.59. The van der Waals surface area contributed by atoms with Crippen molar-refractivity contribution in [3.05, 3.63) is 65.9 Å². The van der Waals surface area contributed by atoms with Gasteiger partial charge in [0.05, 0.1) is 12.1 Å². The maximum absolute atomic E-state index is 9.65. The van der Waals surface area contributed by atoms with Gasteiger partial charge in [-0.15, -0.1) is 0 Å². The molecule has 1 aliphatic heterocycles. The second-order valence-electron chi connectivity index (χ2n) is 5.98. The topological polar surface area (TPSA) is 51.6 Å². The molecule has 0 bridgehead atoms. The smallest absolute Gasteiger partial charge is 0.161 e. The number of aryl methyl sites for hydroxylation is 1. The van der Waals surface area contributed by atoms with E-state index in [4.69, 9.17) is 14.5 Å². The SMILES string of the molecule is OCc1cc2ccccc2nc1CC[C@H]1COc2ccccc2O1. The maximum atomic E-state index is 9.65. The average Bonchev–Trinajstić information content (AvgIpc) is 2.65. The lowest BCUT2D eigenvalue weighted by Gasteiger charge is -2.26. The zero-order chi connectivity index (χ0) is 16.4. The van der Waals surface area contributed by atoms with E-state index in [0.717, 1.165) is 46.5 Å². The molecule has 4 nitrogen and oxygen atoms in total. The first-order valence-corrected chi connectivity index (χ1v) is 8.20. The number of benzene rings is 2. The second kappa shape index (κ2) is 6.49. The number of fused-ring (bicyclic) bond motifs is 2. The number of nitrogens with zero attached hydrogens (tertiary/aromatic N) is 1. The van der Waals surface area contributed by atoms with E-state index >= 15 is 0 Å². The predicted octanol–water partition coefficient (Wildman–Crippen LogP) is 3.50. The van der Waals surface area contributed by atoms with Gasteiger partial charge >= 0.3 is 0 Å². The van der Waals surface area contributed by atoms with Gasteiger partial charge in [0.2, 0.25) is 0 Å². The summed E-state index contributed by atoms with van der Waals surface area (Å²) in [5, 5.41) is 10.7.